The van der Waals surface area contributed by atoms with Crippen molar-refractivity contribution in [2.24, 2.45) is 0 Å². The third-order valence-corrected chi connectivity index (χ3v) is 2.64. The van der Waals surface area contributed by atoms with Gasteiger partial charge in [-0.3, -0.25) is 0 Å². The van der Waals surface area contributed by atoms with Gasteiger partial charge < -0.3 is 10.1 Å². The first-order chi connectivity index (χ1) is 8.16. The molecule has 18 heavy (non-hydrogen) atoms. The maximum Gasteiger partial charge on any atom is 0.330 e. The average molecular weight is 251 g/mol. The van der Waals surface area contributed by atoms with Crippen LogP contribution in [0.3, 0.4) is 0 Å². The number of nitrogens with one attached hydrogen (secondary N) is 1. The first-order valence-electron chi connectivity index (χ1n) is 5.86. The Morgan fingerprint density at radius 2 is 1.67 bits per heavy atom. The van der Waals surface area contributed by atoms with Gasteiger partial charge in [0.15, 0.2) is 0 Å². The standard InChI is InChI=1S/C13H21N3O2/c1-12(2,3)9-7-14-11(15-8-9)16-13(4,5)10(17)18-6/h7-8H,1-6H3,(H,14,15,16). The van der Waals surface area contributed by atoms with E-state index in [9.17, 15) is 4.79 Å². The predicted octanol–water partition coefficient (Wildman–Crippen LogP) is 2.14. The molecule has 0 saturated carbocycles. The highest BCUT2D eigenvalue weighted by Gasteiger charge is 2.29. The molecule has 0 aliphatic heterocycles. The summed E-state index contributed by atoms with van der Waals surface area (Å²) in [5.41, 5.74) is 0.206. The summed E-state index contributed by atoms with van der Waals surface area (Å²) in [5, 5.41) is 2.95. The SMILES string of the molecule is COC(=O)C(C)(C)Nc1ncc(C(C)(C)C)cn1. The van der Waals surface area contributed by atoms with Gasteiger partial charge in [-0.15, -0.1) is 0 Å². The molecule has 0 fully saturated rings. The molecule has 0 spiro atoms. The second kappa shape index (κ2) is 4.92. The van der Waals surface area contributed by atoms with E-state index in [1.807, 2.05) is 0 Å². The van der Waals surface area contributed by atoms with Crippen LogP contribution in [0.25, 0.3) is 0 Å². The third-order valence-electron chi connectivity index (χ3n) is 2.64. The van der Waals surface area contributed by atoms with Crippen molar-refractivity contribution < 1.29 is 9.53 Å². The zero-order valence-electron chi connectivity index (χ0n) is 11.9. The van der Waals surface area contributed by atoms with E-state index in [1.54, 1.807) is 26.2 Å². The Balaban J connectivity index is 2.85. The second-order valence-electron chi connectivity index (χ2n) is 5.79. The second-order valence-corrected chi connectivity index (χ2v) is 5.79. The molecule has 0 bridgehead atoms. The van der Waals surface area contributed by atoms with Crippen LogP contribution in [0.2, 0.25) is 0 Å². The van der Waals surface area contributed by atoms with E-state index in [2.05, 4.69) is 36.1 Å². The van der Waals surface area contributed by atoms with Crippen LogP contribution in [0.4, 0.5) is 5.95 Å². The van der Waals surface area contributed by atoms with Crippen LogP contribution in [0, 0.1) is 0 Å². The molecule has 0 saturated heterocycles. The number of methoxy groups -OCH3 is 1. The van der Waals surface area contributed by atoms with Crippen molar-refractivity contribution in [2.75, 3.05) is 12.4 Å². The van der Waals surface area contributed by atoms with Gasteiger partial charge in [-0.25, -0.2) is 14.8 Å². The lowest BCUT2D eigenvalue weighted by molar-refractivity contribution is -0.144. The van der Waals surface area contributed by atoms with Gasteiger partial charge in [0.05, 0.1) is 7.11 Å². The highest BCUT2D eigenvalue weighted by molar-refractivity contribution is 5.82. The van der Waals surface area contributed by atoms with E-state index in [1.165, 1.54) is 7.11 Å². The predicted molar refractivity (Wildman–Crippen MR) is 70.4 cm³/mol. The summed E-state index contributed by atoms with van der Waals surface area (Å²) in [6.45, 7) is 9.73. The lowest BCUT2D eigenvalue weighted by atomic mass is 9.89. The largest absolute Gasteiger partial charge is 0.467 e. The number of esters is 1. The molecule has 100 valence electrons. The molecular formula is C13H21N3O2. The summed E-state index contributed by atoms with van der Waals surface area (Å²) >= 11 is 0. The number of aromatic nitrogens is 2. The Kier molecular flexibility index (Phi) is 3.94. The smallest absolute Gasteiger partial charge is 0.330 e. The van der Waals surface area contributed by atoms with Crippen molar-refractivity contribution in [3.05, 3.63) is 18.0 Å². The summed E-state index contributed by atoms with van der Waals surface area (Å²) < 4.78 is 4.71. The van der Waals surface area contributed by atoms with Crippen LogP contribution in [0.1, 0.15) is 40.2 Å². The molecule has 0 aromatic carbocycles. The maximum absolute atomic E-state index is 11.5. The zero-order chi connectivity index (χ0) is 14.0. The van der Waals surface area contributed by atoms with Crippen molar-refractivity contribution in [1.29, 1.82) is 0 Å². The van der Waals surface area contributed by atoms with Gasteiger partial charge in [0.25, 0.3) is 0 Å². The molecule has 0 radical (unpaired) electrons. The molecule has 0 amide bonds. The molecule has 1 N–H and O–H groups in total. The van der Waals surface area contributed by atoms with Crippen molar-refractivity contribution in [2.45, 2.75) is 45.6 Å². The number of hydrogen-bond acceptors (Lipinski definition) is 5. The van der Waals surface area contributed by atoms with Crippen molar-refractivity contribution in [3.63, 3.8) is 0 Å². The van der Waals surface area contributed by atoms with Gasteiger partial charge in [-0.2, -0.15) is 0 Å². The van der Waals surface area contributed by atoms with Crippen molar-refractivity contribution in [1.82, 2.24) is 9.97 Å². The van der Waals surface area contributed by atoms with Crippen molar-refractivity contribution in [3.8, 4) is 0 Å². The van der Waals surface area contributed by atoms with E-state index >= 15 is 0 Å². The molecule has 1 aromatic heterocycles. The monoisotopic (exact) mass is 251 g/mol. The molecule has 0 atom stereocenters. The van der Waals surface area contributed by atoms with Gasteiger partial charge in [-0.1, -0.05) is 20.8 Å². The third kappa shape index (κ3) is 3.42. The molecule has 1 rings (SSSR count). The van der Waals surface area contributed by atoms with Crippen LogP contribution in [-0.2, 0) is 14.9 Å². The molecule has 0 aliphatic carbocycles. The summed E-state index contributed by atoms with van der Waals surface area (Å²) in [4.78, 5) is 20.0. The van der Waals surface area contributed by atoms with E-state index < -0.39 is 5.54 Å². The average Bonchev–Trinajstić information content (AvgIpc) is 2.26. The number of carbonyl (C=O) groups is 1. The molecule has 0 aliphatic rings. The number of hydrogen-bond donors (Lipinski definition) is 1. The fourth-order valence-corrected chi connectivity index (χ4v) is 1.37. The highest BCUT2D eigenvalue weighted by Crippen LogP contribution is 2.21. The van der Waals surface area contributed by atoms with Crippen LogP contribution in [0.5, 0.6) is 0 Å². The molecule has 0 unspecified atom stereocenters. The van der Waals surface area contributed by atoms with Gasteiger partial charge in [-0.05, 0) is 24.8 Å². The van der Waals surface area contributed by atoms with E-state index in [0.717, 1.165) is 5.56 Å². The van der Waals surface area contributed by atoms with Gasteiger partial charge >= 0.3 is 5.97 Å². The van der Waals surface area contributed by atoms with E-state index in [4.69, 9.17) is 4.74 Å². The van der Waals surface area contributed by atoms with Crippen LogP contribution in [0.15, 0.2) is 12.4 Å². The number of ether oxygens (including phenoxy) is 1. The summed E-state index contributed by atoms with van der Waals surface area (Å²) in [6.07, 6.45) is 3.53. The molecular weight excluding hydrogens is 230 g/mol. The van der Waals surface area contributed by atoms with Gasteiger partial charge in [0.2, 0.25) is 5.95 Å². The summed E-state index contributed by atoms with van der Waals surface area (Å²) in [5.74, 6) is 0.0596. The van der Waals surface area contributed by atoms with Crippen LogP contribution >= 0.6 is 0 Å². The lowest BCUT2D eigenvalue weighted by Crippen LogP contribution is -2.41. The Morgan fingerprint density at radius 1 is 1.17 bits per heavy atom. The summed E-state index contributed by atoms with van der Waals surface area (Å²) in [6, 6.07) is 0. The Hall–Kier alpha value is -1.65. The Morgan fingerprint density at radius 3 is 2.06 bits per heavy atom. The molecule has 1 heterocycles. The van der Waals surface area contributed by atoms with E-state index in [-0.39, 0.29) is 11.4 Å². The molecule has 5 nitrogen and oxygen atoms in total. The number of rotatable bonds is 3. The number of nitrogens with zero attached hydrogens (tertiary/aromatic N) is 2. The molecule has 5 heteroatoms. The maximum atomic E-state index is 11.5. The summed E-state index contributed by atoms with van der Waals surface area (Å²) in [7, 11) is 1.36. The minimum Gasteiger partial charge on any atom is -0.467 e. The normalized spacial score (nSPS) is 12.1. The minimum atomic E-state index is -0.849. The fourth-order valence-electron chi connectivity index (χ4n) is 1.37. The first kappa shape index (κ1) is 14.4. The lowest BCUT2D eigenvalue weighted by Gasteiger charge is -2.23. The first-order valence-corrected chi connectivity index (χ1v) is 5.86. The van der Waals surface area contributed by atoms with Crippen molar-refractivity contribution >= 4 is 11.9 Å². The van der Waals surface area contributed by atoms with Crippen LogP contribution < -0.4 is 5.32 Å². The number of carbonyl (C=O) groups excluding carboxylic acids is 1. The van der Waals surface area contributed by atoms with E-state index in [0.29, 0.717) is 5.95 Å². The molecule has 1 aromatic rings. The topological polar surface area (TPSA) is 64.1 Å². The van der Waals surface area contributed by atoms with Crippen LogP contribution in [-0.4, -0.2) is 28.6 Å². The zero-order valence-corrected chi connectivity index (χ0v) is 11.9. The Labute approximate surface area is 108 Å². The Bertz CT molecular complexity index is 419. The fraction of sp³-hybridized carbons (Fsp3) is 0.615. The van der Waals surface area contributed by atoms with Gasteiger partial charge in [0.1, 0.15) is 5.54 Å². The number of anilines is 1. The van der Waals surface area contributed by atoms with Gasteiger partial charge in [0, 0.05) is 12.4 Å². The minimum absolute atomic E-state index is 0.0103. The highest BCUT2D eigenvalue weighted by atomic mass is 16.5. The quantitative estimate of drug-likeness (QED) is 0.834.